The number of carbonyl (C=O) groups is 2. The molecular formula is C15H14BrNO3S. The zero-order valence-corrected chi connectivity index (χ0v) is 13.9. The Morgan fingerprint density at radius 2 is 1.81 bits per heavy atom. The van der Waals surface area contributed by atoms with Crippen LogP contribution < -0.4 is 5.32 Å². The normalized spacial score (nSPS) is 11.2. The second-order valence-corrected chi connectivity index (χ2v) is 6.83. The maximum atomic E-state index is 12.1. The van der Waals surface area contributed by atoms with E-state index in [1.54, 1.807) is 38.1 Å². The summed E-state index contributed by atoms with van der Waals surface area (Å²) >= 11 is 4.67. The number of rotatable bonds is 4. The molecule has 1 heterocycles. The van der Waals surface area contributed by atoms with Gasteiger partial charge in [0.05, 0.1) is 5.41 Å². The lowest BCUT2D eigenvalue weighted by Crippen LogP contribution is -2.28. The van der Waals surface area contributed by atoms with Crippen LogP contribution >= 0.6 is 27.3 Å². The van der Waals surface area contributed by atoms with E-state index in [1.807, 2.05) is 11.4 Å². The number of amides is 1. The van der Waals surface area contributed by atoms with Crippen molar-refractivity contribution in [1.82, 2.24) is 0 Å². The first-order chi connectivity index (χ1) is 9.82. The molecule has 0 aliphatic heterocycles. The van der Waals surface area contributed by atoms with Crippen LogP contribution in [0.4, 0.5) is 5.69 Å². The van der Waals surface area contributed by atoms with Crippen LogP contribution in [0.2, 0.25) is 0 Å². The number of carboxylic acid groups (broad SMARTS) is 1. The quantitative estimate of drug-likeness (QED) is 0.853. The van der Waals surface area contributed by atoms with Crippen LogP contribution in [0, 0.1) is 0 Å². The number of carboxylic acids is 1. The van der Waals surface area contributed by atoms with Crippen molar-refractivity contribution >= 4 is 44.8 Å². The molecule has 2 N–H and O–H groups in total. The van der Waals surface area contributed by atoms with Gasteiger partial charge in [-0.25, -0.2) is 0 Å². The fourth-order valence-electron chi connectivity index (χ4n) is 1.74. The highest BCUT2D eigenvalue weighted by molar-refractivity contribution is 9.10. The summed E-state index contributed by atoms with van der Waals surface area (Å²) in [6, 6.07) is 8.66. The second-order valence-electron chi connectivity index (χ2n) is 5.06. The Bertz CT molecular complexity index is 676. The molecule has 1 aromatic heterocycles. The van der Waals surface area contributed by atoms with Gasteiger partial charge in [-0.15, -0.1) is 11.3 Å². The van der Waals surface area contributed by atoms with E-state index in [-0.39, 0.29) is 5.91 Å². The van der Waals surface area contributed by atoms with Crippen molar-refractivity contribution in [3.8, 4) is 0 Å². The lowest BCUT2D eigenvalue weighted by Gasteiger charge is -2.19. The van der Waals surface area contributed by atoms with E-state index in [0.717, 1.165) is 4.47 Å². The van der Waals surface area contributed by atoms with Crippen molar-refractivity contribution in [3.63, 3.8) is 0 Å². The number of carbonyl (C=O) groups excluding carboxylic acids is 1. The number of thiophene rings is 1. The summed E-state index contributed by atoms with van der Waals surface area (Å²) in [5, 5.41) is 13.8. The molecule has 0 radical (unpaired) electrons. The average molecular weight is 368 g/mol. The third-order valence-corrected chi connectivity index (χ3v) is 5.06. The Labute approximate surface area is 134 Å². The van der Waals surface area contributed by atoms with Crippen molar-refractivity contribution in [1.29, 1.82) is 0 Å². The summed E-state index contributed by atoms with van der Waals surface area (Å²) in [4.78, 5) is 23.9. The van der Waals surface area contributed by atoms with Crippen molar-refractivity contribution < 1.29 is 14.7 Å². The third kappa shape index (κ3) is 3.33. The molecule has 2 aromatic rings. The molecule has 0 atom stereocenters. The van der Waals surface area contributed by atoms with Gasteiger partial charge in [0.15, 0.2) is 0 Å². The molecule has 2 rings (SSSR count). The molecule has 0 saturated heterocycles. The Hall–Kier alpha value is -1.66. The minimum absolute atomic E-state index is 0.192. The molecule has 0 aliphatic carbocycles. The molecule has 6 heteroatoms. The molecule has 0 spiro atoms. The number of nitrogens with one attached hydrogen (secondary N) is 1. The summed E-state index contributed by atoms with van der Waals surface area (Å²) in [6.07, 6.45) is 0. The molecule has 1 amide bonds. The van der Waals surface area contributed by atoms with Gasteiger partial charge in [0.1, 0.15) is 4.88 Å². The maximum absolute atomic E-state index is 12.1. The van der Waals surface area contributed by atoms with Gasteiger partial charge in [-0.1, -0.05) is 12.1 Å². The standard InChI is InChI=1S/C15H14BrNO3S/c1-15(2,14(19)20)9-3-5-10(6-4-9)17-13(18)12-11(16)7-8-21-12/h3-8H,1-2H3,(H,17,18)(H,19,20). The maximum Gasteiger partial charge on any atom is 0.313 e. The molecule has 110 valence electrons. The number of hydrogen-bond acceptors (Lipinski definition) is 3. The van der Waals surface area contributed by atoms with E-state index in [0.29, 0.717) is 16.1 Å². The zero-order valence-electron chi connectivity index (χ0n) is 11.5. The smallest absolute Gasteiger partial charge is 0.313 e. The Morgan fingerprint density at radius 1 is 1.19 bits per heavy atom. The Morgan fingerprint density at radius 3 is 2.29 bits per heavy atom. The highest BCUT2D eigenvalue weighted by Crippen LogP contribution is 2.26. The van der Waals surface area contributed by atoms with Crippen LogP contribution in [-0.2, 0) is 10.2 Å². The second kappa shape index (κ2) is 5.99. The van der Waals surface area contributed by atoms with Crippen LogP contribution in [0.15, 0.2) is 40.2 Å². The highest BCUT2D eigenvalue weighted by atomic mass is 79.9. The van der Waals surface area contributed by atoms with Gasteiger partial charge in [-0.3, -0.25) is 9.59 Å². The number of hydrogen-bond donors (Lipinski definition) is 2. The minimum atomic E-state index is -0.959. The third-order valence-electron chi connectivity index (χ3n) is 3.22. The van der Waals surface area contributed by atoms with Gasteiger partial charge in [0, 0.05) is 10.2 Å². The molecular weight excluding hydrogens is 354 g/mol. The van der Waals surface area contributed by atoms with Crippen LogP contribution in [-0.4, -0.2) is 17.0 Å². The van der Waals surface area contributed by atoms with Gasteiger partial charge in [-0.2, -0.15) is 0 Å². The van der Waals surface area contributed by atoms with Crippen molar-refractivity contribution in [2.45, 2.75) is 19.3 Å². The van der Waals surface area contributed by atoms with Gasteiger partial charge < -0.3 is 10.4 Å². The molecule has 0 fully saturated rings. The summed E-state index contributed by atoms with van der Waals surface area (Å²) < 4.78 is 0.758. The van der Waals surface area contributed by atoms with E-state index in [9.17, 15) is 14.7 Å². The van der Waals surface area contributed by atoms with Crippen molar-refractivity contribution in [2.24, 2.45) is 0 Å². The largest absolute Gasteiger partial charge is 0.481 e. The number of aliphatic carboxylic acids is 1. The van der Waals surface area contributed by atoms with Crippen molar-refractivity contribution in [2.75, 3.05) is 5.32 Å². The van der Waals surface area contributed by atoms with Gasteiger partial charge in [0.2, 0.25) is 0 Å². The number of halogens is 1. The summed E-state index contributed by atoms with van der Waals surface area (Å²) in [7, 11) is 0. The number of benzene rings is 1. The predicted octanol–water partition coefficient (Wildman–Crippen LogP) is 4.13. The molecule has 0 saturated carbocycles. The molecule has 0 bridgehead atoms. The summed E-state index contributed by atoms with van der Waals surface area (Å²) in [5.74, 6) is -1.08. The lowest BCUT2D eigenvalue weighted by molar-refractivity contribution is -0.142. The Kier molecular flexibility index (Phi) is 4.49. The van der Waals surface area contributed by atoms with Gasteiger partial charge >= 0.3 is 5.97 Å². The molecule has 0 unspecified atom stereocenters. The van der Waals surface area contributed by atoms with E-state index in [2.05, 4.69) is 21.2 Å². The number of anilines is 1. The summed E-state index contributed by atoms with van der Waals surface area (Å²) in [5.41, 5.74) is 0.356. The molecule has 21 heavy (non-hydrogen) atoms. The first-order valence-electron chi connectivity index (χ1n) is 6.20. The first-order valence-corrected chi connectivity index (χ1v) is 7.88. The first kappa shape index (κ1) is 15.7. The molecule has 0 aliphatic rings. The van der Waals surface area contributed by atoms with Gasteiger partial charge in [-0.05, 0) is 58.9 Å². The van der Waals surface area contributed by atoms with Crippen molar-refractivity contribution in [3.05, 3.63) is 50.6 Å². The highest BCUT2D eigenvalue weighted by Gasteiger charge is 2.29. The van der Waals surface area contributed by atoms with Crippen LogP contribution in [0.5, 0.6) is 0 Å². The lowest BCUT2D eigenvalue weighted by atomic mass is 9.85. The average Bonchev–Trinajstić information content (AvgIpc) is 2.85. The molecule has 1 aromatic carbocycles. The SMILES string of the molecule is CC(C)(C(=O)O)c1ccc(NC(=O)c2sccc2Br)cc1. The topological polar surface area (TPSA) is 66.4 Å². The van der Waals surface area contributed by atoms with E-state index < -0.39 is 11.4 Å². The predicted molar refractivity (Wildman–Crippen MR) is 87.1 cm³/mol. The summed E-state index contributed by atoms with van der Waals surface area (Å²) in [6.45, 7) is 3.29. The fraction of sp³-hybridized carbons (Fsp3) is 0.200. The van der Waals surface area contributed by atoms with Crippen LogP contribution in [0.3, 0.4) is 0 Å². The minimum Gasteiger partial charge on any atom is -0.481 e. The molecule has 4 nitrogen and oxygen atoms in total. The van der Waals surface area contributed by atoms with Gasteiger partial charge in [0.25, 0.3) is 5.91 Å². The Balaban J connectivity index is 2.15. The van der Waals surface area contributed by atoms with Crippen LogP contribution in [0.25, 0.3) is 0 Å². The van der Waals surface area contributed by atoms with Crippen LogP contribution in [0.1, 0.15) is 29.1 Å². The fourth-order valence-corrected chi connectivity index (χ4v) is 3.18. The monoisotopic (exact) mass is 367 g/mol. The zero-order chi connectivity index (χ0) is 15.6. The van der Waals surface area contributed by atoms with E-state index in [4.69, 9.17) is 0 Å². The van der Waals surface area contributed by atoms with E-state index >= 15 is 0 Å². The van der Waals surface area contributed by atoms with E-state index in [1.165, 1.54) is 11.3 Å².